The average molecular weight is 1050 g/mol. The van der Waals surface area contributed by atoms with Gasteiger partial charge in [-0.3, -0.25) is 0 Å². The molecule has 2 saturated heterocycles. The van der Waals surface area contributed by atoms with E-state index in [1.54, 1.807) is 39.5 Å². The number of fused-ring (bicyclic) bond motifs is 6. The van der Waals surface area contributed by atoms with E-state index in [0.717, 1.165) is 0 Å². The van der Waals surface area contributed by atoms with Crippen molar-refractivity contribution in [3.63, 3.8) is 0 Å². The van der Waals surface area contributed by atoms with Gasteiger partial charge in [-0.1, -0.05) is 214 Å². The minimum atomic E-state index is -0.562. The lowest BCUT2D eigenvalue weighted by molar-refractivity contribution is -0.150. The zero-order chi connectivity index (χ0) is 57.8. The van der Waals surface area contributed by atoms with Crippen LogP contribution in [0.2, 0.25) is 0 Å². The van der Waals surface area contributed by atoms with Crippen LogP contribution in [-0.4, -0.2) is 81.6 Å². The van der Waals surface area contributed by atoms with Gasteiger partial charge in [0.25, 0.3) is 0 Å². The zero-order valence-electron chi connectivity index (χ0n) is 49.4. The summed E-state index contributed by atoms with van der Waals surface area (Å²) in [5, 5.41) is 8.53. The Balaban J connectivity index is 0.000000843. The first kappa shape index (κ1) is 69.9. The van der Waals surface area contributed by atoms with E-state index in [-0.39, 0.29) is 5.97 Å². The smallest absolute Gasteiger partial charge is 0.341 e. The molecule has 10 heteroatoms. The van der Waals surface area contributed by atoms with Gasteiger partial charge in [-0.2, -0.15) is 0 Å². The van der Waals surface area contributed by atoms with Crippen LogP contribution in [0.3, 0.4) is 0 Å². The molecule has 10 nitrogen and oxygen atoms in total. The maximum Gasteiger partial charge on any atom is 0.341 e. The highest BCUT2D eigenvalue weighted by Gasteiger charge is 2.19. The standard InChI is InChI=1S/2C12H10.2C8H8.C5H4O3.C4H9N.C4H4O2.C3H7N.5C2H6.CH3N3/c1-2-4-10-8-12-6-5-11(12)7-9(10)3-1;1-2-4-11-9(3-1)5-6-10-7-8-12(10)11;1-2-4-8-6-5-7(8)3-1;1-2-8-6-4-3-5-7-8;1-3-2-4(6)8-5(3)7;1-5-3-2-4-5;5-4-2-1-3-6-4;1-4-2-3-4;5*1-2;1-3-4-2/h1-4,7-8H,5-6H2;1-6H,7-8H2;1-4H,5-6H2;2-7H,1H2;2H,1H3;2-4H2,1H3;1-2H,3H2;2-3H2,1H3;5*1-2H3;1H3. The third-order valence-electron chi connectivity index (χ3n) is 11.6. The molecule has 4 aliphatic heterocycles. The Morgan fingerprint density at radius 2 is 0.987 bits per heavy atom. The van der Waals surface area contributed by atoms with E-state index in [9.17, 15) is 14.4 Å². The summed E-state index contributed by atoms with van der Waals surface area (Å²) >= 11 is 0. The monoisotopic (exact) mass is 1050 g/mol. The quantitative estimate of drug-likeness (QED) is 0.0401. The van der Waals surface area contributed by atoms with Crippen molar-refractivity contribution < 1.29 is 23.9 Å². The van der Waals surface area contributed by atoms with Crippen molar-refractivity contribution in [1.29, 1.82) is 0 Å². The second-order valence-corrected chi connectivity index (χ2v) is 16.6. The van der Waals surface area contributed by atoms with Crippen molar-refractivity contribution in [2.45, 2.75) is 121 Å². The lowest BCUT2D eigenvalue weighted by Crippen LogP contribution is -2.32. The number of likely N-dealkylation sites (N-methyl/N-ethyl adjacent to an activating group) is 1. The van der Waals surface area contributed by atoms with Crippen LogP contribution in [0.25, 0.3) is 38.1 Å². The summed E-state index contributed by atoms with van der Waals surface area (Å²) in [4.78, 5) is 37.3. The number of aryl methyl sites for hydroxylation is 6. The minimum Gasteiger partial charge on any atom is -0.458 e. The van der Waals surface area contributed by atoms with E-state index in [4.69, 9.17) is 5.53 Å². The van der Waals surface area contributed by atoms with Gasteiger partial charge >= 0.3 is 17.9 Å². The summed E-state index contributed by atoms with van der Waals surface area (Å²) in [6.07, 6.45) is 15.2. The number of hydrogen-bond donors (Lipinski definition) is 0. The number of azide groups is 1. The van der Waals surface area contributed by atoms with Crippen molar-refractivity contribution in [2.24, 2.45) is 5.11 Å². The first-order chi connectivity index (χ1) is 37.6. The van der Waals surface area contributed by atoms with Crippen LogP contribution in [0, 0.1) is 0 Å². The fourth-order valence-corrected chi connectivity index (χ4v) is 6.95. The molecule has 0 amide bonds. The third kappa shape index (κ3) is 28.0. The number of likely N-dealkylation sites (tertiary alicyclic amines) is 1. The fraction of sp³-hybridized carbons (Fsp3) is 0.388. The molecule has 0 spiro atoms. The van der Waals surface area contributed by atoms with Crippen molar-refractivity contribution in [1.82, 2.24) is 9.80 Å². The van der Waals surface area contributed by atoms with Gasteiger partial charge in [-0.15, -0.1) is 0 Å². The number of ether oxygens (including phenoxy) is 2. The molecule has 0 N–H and O–H groups in total. The zero-order valence-corrected chi connectivity index (χ0v) is 49.4. The molecule has 0 saturated carbocycles. The molecule has 6 aromatic carbocycles. The second-order valence-electron chi connectivity index (χ2n) is 16.6. The van der Waals surface area contributed by atoms with E-state index < -0.39 is 11.9 Å². The van der Waals surface area contributed by atoms with Crippen molar-refractivity contribution in [3.05, 3.63) is 207 Å². The first-order valence-electron chi connectivity index (χ1n) is 27.9. The maximum absolute atomic E-state index is 10.3. The van der Waals surface area contributed by atoms with Crippen LogP contribution >= 0.6 is 0 Å². The average Bonchev–Trinajstić information content (AvgIpc) is 3.99. The topological polar surface area (TPSA) is 125 Å². The number of rotatable bonds is 1. The van der Waals surface area contributed by atoms with Crippen LogP contribution in [0.1, 0.15) is 122 Å². The van der Waals surface area contributed by atoms with Gasteiger partial charge in [-0.05, 0) is 151 Å². The van der Waals surface area contributed by atoms with E-state index in [1.165, 1.54) is 124 Å². The summed E-state index contributed by atoms with van der Waals surface area (Å²) in [6, 6.07) is 45.0. The van der Waals surface area contributed by atoms with Gasteiger partial charge in [0.1, 0.15) is 6.61 Å². The predicted octanol–water partition coefficient (Wildman–Crippen LogP) is 16.4. The summed E-state index contributed by atoms with van der Waals surface area (Å²) in [5.74, 6) is -1.32. The molecule has 7 aliphatic rings. The summed E-state index contributed by atoms with van der Waals surface area (Å²) in [6.45, 7) is 30.9. The normalized spacial score (nSPS) is 13.7. The third-order valence-corrected chi connectivity index (χ3v) is 11.6. The molecule has 2 fully saturated rings. The predicted molar refractivity (Wildman–Crippen MR) is 329 cm³/mol. The molecule has 0 aromatic heterocycles. The highest BCUT2D eigenvalue weighted by Crippen LogP contribution is 2.31. The number of hydrogen-bond acceptors (Lipinski definition) is 8. The van der Waals surface area contributed by atoms with Crippen LogP contribution in [0.5, 0.6) is 0 Å². The van der Waals surface area contributed by atoms with Crippen molar-refractivity contribution in [2.75, 3.05) is 53.9 Å². The molecule has 6 aromatic rings. The Morgan fingerprint density at radius 1 is 0.558 bits per heavy atom. The van der Waals surface area contributed by atoms with Gasteiger partial charge in [0.15, 0.2) is 0 Å². The minimum absolute atomic E-state index is 0.227. The first-order valence-corrected chi connectivity index (χ1v) is 27.9. The van der Waals surface area contributed by atoms with Gasteiger partial charge in [0.05, 0.1) is 0 Å². The number of cyclic esters (lactones) is 3. The van der Waals surface area contributed by atoms with Crippen molar-refractivity contribution >= 4 is 45.5 Å². The Bertz CT molecular complexity index is 2620. The number of esters is 3. The Morgan fingerprint density at radius 3 is 1.26 bits per heavy atom. The Hall–Kier alpha value is -7.10. The molecule has 0 radical (unpaired) electrons. The molecule has 13 rings (SSSR count). The fourth-order valence-electron chi connectivity index (χ4n) is 6.95. The molecular weight excluding hydrogens is 955 g/mol. The van der Waals surface area contributed by atoms with Gasteiger partial charge < -0.3 is 19.3 Å². The largest absolute Gasteiger partial charge is 0.458 e. The molecule has 0 atom stereocenters. The SMILES string of the molecule is C=Cc1ccccc1.CC.CC.CC.CC.CC.CC1=CC(=O)OC1=O.CN1CC1.CN1CCC1.CN=[N+]=[N-].O=C1C=CCO1.c1ccc2c(c1)CC2.c1ccc2c3c(ccc2c1)CC3.c1ccc2cc3c(cc2c1)CC3. The molecule has 416 valence electrons. The highest BCUT2D eigenvalue weighted by atomic mass is 16.6. The molecular formula is C67H93N5O5. The second kappa shape index (κ2) is 44.1. The number of nitrogens with zero attached hydrogens (tertiary/aromatic N) is 5. The van der Waals surface area contributed by atoms with E-state index in [2.05, 4.69) is 147 Å². The van der Waals surface area contributed by atoms with Crippen LogP contribution in [0.4, 0.5) is 0 Å². The van der Waals surface area contributed by atoms with E-state index in [0.29, 0.717) is 12.2 Å². The maximum atomic E-state index is 10.3. The van der Waals surface area contributed by atoms with Crippen molar-refractivity contribution in [3.8, 4) is 0 Å². The summed E-state index contributed by atoms with van der Waals surface area (Å²) in [5.41, 5.74) is 18.2. The van der Waals surface area contributed by atoms with Crippen LogP contribution in [-0.2, 0) is 62.4 Å². The van der Waals surface area contributed by atoms with Gasteiger partial charge in [0.2, 0.25) is 0 Å². The van der Waals surface area contributed by atoms with Crippen LogP contribution in [0.15, 0.2) is 163 Å². The molecule has 4 heterocycles. The van der Waals surface area contributed by atoms with E-state index >= 15 is 0 Å². The summed E-state index contributed by atoms with van der Waals surface area (Å²) in [7, 11) is 5.64. The van der Waals surface area contributed by atoms with E-state index in [1.807, 2.05) is 106 Å². The lowest BCUT2D eigenvalue weighted by Gasteiger charge is -2.24. The van der Waals surface area contributed by atoms with Crippen LogP contribution < -0.4 is 0 Å². The van der Waals surface area contributed by atoms with Gasteiger partial charge in [-0.25, -0.2) is 14.4 Å². The molecule has 0 unspecified atom stereocenters. The Labute approximate surface area is 464 Å². The summed E-state index contributed by atoms with van der Waals surface area (Å²) < 4.78 is 8.51. The van der Waals surface area contributed by atoms with Gasteiger partial charge in [0, 0.05) is 42.8 Å². The number of carbonyl (C=O) groups excluding carboxylic acids is 3. The molecule has 0 bridgehead atoms. The number of benzene rings is 6. The molecule has 3 aliphatic carbocycles. The Kier molecular flexibility index (Phi) is 40.0. The number of carbonyl (C=O) groups is 3. The molecule has 77 heavy (non-hydrogen) atoms. The lowest BCUT2D eigenvalue weighted by atomic mass is 9.84. The highest BCUT2D eigenvalue weighted by molar-refractivity contribution is 6.08.